The second kappa shape index (κ2) is 9.17. The van der Waals surface area contributed by atoms with Crippen molar-refractivity contribution in [3.05, 3.63) is 90.3 Å². The van der Waals surface area contributed by atoms with Gasteiger partial charge in [-0.15, -0.1) is 11.7 Å². The molecule has 0 aliphatic heterocycles. The lowest BCUT2D eigenvalue weighted by Gasteiger charge is -2.07. The van der Waals surface area contributed by atoms with Gasteiger partial charge in [-0.05, 0) is 0 Å². The fourth-order valence-electron chi connectivity index (χ4n) is 2.29. The summed E-state index contributed by atoms with van der Waals surface area (Å²) >= 11 is 0. The lowest BCUT2D eigenvalue weighted by atomic mass is 10.0. The van der Waals surface area contributed by atoms with E-state index in [1.54, 1.807) is 6.08 Å². The molecule has 0 aliphatic rings. The van der Waals surface area contributed by atoms with E-state index in [2.05, 4.69) is 27.2 Å². The maximum atomic E-state index is 5.52. The molecular formula is C20H20N4O2. The predicted octanol–water partition coefficient (Wildman–Crippen LogP) is 3.68. The molecule has 0 saturated carbocycles. The molecule has 26 heavy (non-hydrogen) atoms. The van der Waals surface area contributed by atoms with Gasteiger partial charge in [0.25, 0.3) is 0 Å². The molecule has 3 aromatic rings. The van der Waals surface area contributed by atoms with Gasteiger partial charge in [0.1, 0.15) is 12.3 Å². The van der Waals surface area contributed by atoms with Crippen LogP contribution in [0.1, 0.15) is 17.0 Å². The van der Waals surface area contributed by atoms with Gasteiger partial charge >= 0.3 is 6.01 Å². The smallest absolute Gasteiger partial charge is 0.315 e. The summed E-state index contributed by atoms with van der Waals surface area (Å²) in [6.45, 7) is 4.53. The lowest BCUT2D eigenvalue weighted by molar-refractivity contribution is 0.143. The number of hydrogen-bond acceptors (Lipinski definition) is 6. The summed E-state index contributed by atoms with van der Waals surface area (Å²) < 4.78 is 5.45. The van der Waals surface area contributed by atoms with Crippen molar-refractivity contribution in [2.45, 2.75) is 6.42 Å². The molecule has 0 spiro atoms. The molecule has 6 heteroatoms. The van der Waals surface area contributed by atoms with E-state index >= 15 is 0 Å². The van der Waals surface area contributed by atoms with E-state index < -0.39 is 0 Å². The molecular weight excluding hydrogens is 328 g/mol. The molecule has 0 bridgehead atoms. The number of aromatic nitrogens is 2. The Hall–Kier alpha value is -3.41. The highest BCUT2D eigenvalue weighted by Gasteiger charge is 2.08. The van der Waals surface area contributed by atoms with E-state index in [0.29, 0.717) is 31.5 Å². The molecule has 0 saturated heterocycles. The van der Waals surface area contributed by atoms with Crippen LogP contribution in [0, 0.1) is 0 Å². The van der Waals surface area contributed by atoms with Gasteiger partial charge in [0, 0.05) is 17.7 Å². The van der Waals surface area contributed by atoms with Gasteiger partial charge in [-0.3, -0.25) is 0 Å². The fourth-order valence-corrected chi connectivity index (χ4v) is 2.29. The number of anilines is 1. The summed E-state index contributed by atoms with van der Waals surface area (Å²) in [5.41, 5.74) is 2.77. The van der Waals surface area contributed by atoms with Crippen LogP contribution in [0.25, 0.3) is 0 Å². The van der Waals surface area contributed by atoms with E-state index in [1.165, 1.54) is 0 Å². The van der Waals surface area contributed by atoms with Gasteiger partial charge in [-0.25, -0.2) is 0 Å². The molecule has 1 aromatic heterocycles. The first kappa shape index (κ1) is 17.4. The van der Waals surface area contributed by atoms with Crippen LogP contribution in [-0.4, -0.2) is 29.1 Å². The average Bonchev–Trinajstić information content (AvgIpc) is 3.15. The fraction of sp³-hybridized carbons (Fsp3) is 0.150. The molecule has 0 radical (unpaired) electrons. The molecule has 0 amide bonds. The second-order valence-electron chi connectivity index (χ2n) is 5.43. The quantitative estimate of drug-likeness (QED) is 0.276. The minimum absolute atomic E-state index is 0.340. The zero-order valence-electron chi connectivity index (χ0n) is 14.3. The van der Waals surface area contributed by atoms with Gasteiger partial charge in [-0.1, -0.05) is 77.0 Å². The van der Waals surface area contributed by atoms with Crippen LogP contribution in [0.2, 0.25) is 0 Å². The normalized spacial score (nSPS) is 10.2. The largest absolute Gasteiger partial charge is 0.408 e. The number of hydrogen-bond donors (Lipinski definition) is 1. The third-order valence-corrected chi connectivity index (χ3v) is 3.52. The van der Waals surface area contributed by atoms with Crippen molar-refractivity contribution in [3.63, 3.8) is 0 Å². The van der Waals surface area contributed by atoms with Gasteiger partial charge in [0.2, 0.25) is 5.89 Å². The van der Waals surface area contributed by atoms with Crippen LogP contribution in [0.3, 0.4) is 0 Å². The topological polar surface area (TPSA) is 72.5 Å². The number of nitrogens with one attached hydrogen (secondary N) is 1. The highest BCUT2D eigenvalue weighted by atomic mass is 16.6. The number of rotatable bonds is 9. The molecule has 6 nitrogen and oxygen atoms in total. The summed E-state index contributed by atoms with van der Waals surface area (Å²) in [4.78, 5) is 5.52. The van der Waals surface area contributed by atoms with E-state index in [4.69, 9.17) is 9.25 Å². The molecule has 2 aromatic carbocycles. The van der Waals surface area contributed by atoms with Crippen LogP contribution in [0.15, 0.2) is 82.9 Å². The van der Waals surface area contributed by atoms with Crippen molar-refractivity contribution < 1.29 is 9.25 Å². The van der Waals surface area contributed by atoms with Crippen molar-refractivity contribution in [1.29, 1.82) is 0 Å². The summed E-state index contributed by atoms with van der Waals surface area (Å²) in [5, 5.41) is 15.1. The Kier molecular flexibility index (Phi) is 6.14. The molecule has 3 rings (SSSR count). The second-order valence-corrected chi connectivity index (χ2v) is 5.43. The van der Waals surface area contributed by atoms with Crippen molar-refractivity contribution >= 4 is 11.7 Å². The average molecular weight is 348 g/mol. The Balaban J connectivity index is 1.64. The summed E-state index contributed by atoms with van der Waals surface area (Å²) in [6, 6.07) is 20.2. The minimum atomic E-state index is 0.340. The van der Waals surface area contributed by atoms with E-state index in [1.807, 2.05) is 60.7 Å². The molecule has 0 aliphatic carbocycles. The van der Waals surface area contributed by atoms with Gasteiger partial charge in [0.05, 0.1) is 6.42 Å². The van der Waals surface area contributed by atoms with Crippen molar-refractivity contribution in [3.8, 4) is 0 Å². The summed E-state index contributed by atoms with van der Waals surface area (Å²) in [7, 11) is 0. The first-order valence-electron chi connectivity index (χ1n) is 8.35. The third kappa shape index (κ3) is 4.80. The molecule has 0 atom stereocenters. The summed E-state index contributed by atoms with van der Waals surface area (Å²) in [6.07, 6.45) is 2.19. The van der Waals surface area contributed by atoms with E-state index in [0.717, 1.165) is 16.8 Å². The highest BCUT2D eigenvalue weighted by molar-refractivity contribution is 6.12. The highest BCUT2D eigenvalue weighted by Crippen LogP contribution is 2.11. The first-order chi connectivity index (χ1) is 12.9. The van der Waals surface area contributed by atoms with Crippen LogP contribution < -0.4 is 5.32 Å². The monoisotopic (exact) mass is 348 g/mol. The standard InChI is InChI=1S/C20H20N4O2/c1-2-14-21-20-23-22-18(26-20)13-15-25-24-19(16-9-5-3-6-10-16)17-11-7-4-8-12-17/h2-12H,1,13-15H2,(H,21,23). The number of nitrogens with zero attached hydrogens (tertiary/aromatic N) is 3. The van der Waals surface area contributed by atoms with E-state index in [-0.39, 0.29) is 0 Å². The van der Waals surface area contributed by atoms with Gasteiger partial charge in [-0.2, -0.15) is 0 Å². The molecule has 1 heterocycles. The molecule has 0 fully saturated rings. The Morgan fingerprint density at radius 3 is 2.31 bits per heavy atom. The zero-order valence-corrected chi connectivity index (χ0v) is 14.3. The lowest BCUT2D eigenvalue weighted by Crippen LogP contribution is -2.05. The Bertz CT molecular complexity index is 803. The zero-order chi connectivity index (χ0) is 18.0. The van der Waals surface area contributed by atoms with E-state index in [9.17, 15) is 0 Å². The van der Waals surface area contributed by atoms with Crippen LogP contribution in [-0.2, 0) is 11.3 Å². The summed E-state index contributed by atoms with van der Waals surface area (Å²) in [5.74, 6) is 0.493. The van der Waals surface area contributed by atoms with Crippen LogP contribution in [0.5, 0.6) is 0 Å². The Morgan fingerprint density at radius 1 is 1.04 bits per heavy atom. The third-order valence-electron chi connectivity index (χ3n) is 3.52. The molecule has 1 N–H and O–H groups in total. The van der Waals surface area contributed by atoms with Gasteiger partial charge in [0.15, 0.2) is 0 Å². The number of oxime groups is 1. The van der Waals surface area contributed by atoms with Crippen molar-refractivity contribution in [1.82, 2.24) is 10.2 Å². The molecule has 132 valence electrons. The predicted molar refractivity (Wildman–Crippen MR) is 101 cm³/mol. The maximum Gasteiger partial charge on any atom is 0.315 e. The maximum absolute atomic E-state index is 5.52. The van der Waals surface area contributed by atoms with Crippen molar-refractivity contribution in [2.75, 3.05) is 18.5 Å². The van der Waals surface area contributed by atoms with Crippen LogP contribution >= 0.6 is 0 Å². The Morgan fingerprint density at radius 2 is 1.69 bits per heavy atom. The Labute approximate surface area is 152 Å². The van der Waals surface area contributed by atoms with Crippen molar-refractivity contribution in [2.24, 2.45) is 5.16 Å². The minimum Gasteiger partial charge on any atom is -0.408 e. The molecule has 0 unspecified atom stereocenters. The number of benzene rings is 2. The van der Waals surface area contributed by atoms with Crippen LogP contribution in [0.4, 0.5) is 6.01 Å². The first-order valence-corrected chi connectivity index (χ1v) is 8.35. The SMILES string of the molecule is C=CCNc1nnc(CCON=C(c2ccccc2)c2ccccc2)o1. The van der Waals surface area contributed by atoms with Gasteiger partial charge < -0.3 is 14.6 Å².